The molecule has 0 amide bonds. The van der Waals surface area contributed by atoms with E-state index in [1.807, 2.05) is 10.9 Å². The van der Waals surface area contributed by atoms with Gasteiger partial charge in [0.05, 0.1) is 17.2 Å². The van der Waals surface area contributed by atoms with E-state index in [9.17, 15) is 0 Å². The fraction of sp³-hybridized carbons (Fsp3) is 0.400. The molecule has 3 aromatic rings. The minimum absolute atomic E-state index is 0.589. The number of hydrogen-bond donors (Lipinski definition) is 0. The Kier molecular flexibility index (Phi) is 4.20. The second-order valence-electron chi connectivity index (χ2n) is 5.08. The summed E-state index contributed by atoms with van der Waals surface area (Å²) in [5.41, 5.74) is 3.52. The maximum absolute atomic E-state index is 5.91. The van der Waals surface area contributed by atoms with Crippen molar-refractivity contribution in [2.75, 3.05) is 5.88 Å². The smallest absolute Gasteiger partial charge is 0.111 e. The summed E-state index contributed by atoms with van der Waals surface area (Å²) in [6.45, 7) is 3.89. The predicted octanol–water partition coefficient (Wildman–Crippen LogP) is 2.81. The number of imidazole rings is 1. The van der Waals surface area contributed by atoms with Gasteiger partial charge in [-0.15, -0.1) is 16.7 Å². The maximum atomic E-state index is 5.91. The van der Waals surface area contributed by atoms with Gasteiger partial charge < -0.3 is 4.57 Å². The van der Waals surface area contributed by atoms with Crippen LogP contribution in [-0.2, 0) is 19.5 Å². The van der Waals surface area contributed by atoms with Crippen molar-refractivity contribution < 1.29 is 0 Å². The van der Waals surface area contributed by atoms with Crippen LogP contribution in [0.4, 0.5) is 0 Å². The highest BCUT2D eigenvalue weighted by atomic mass is 35.5. The van der Waals surface area contributed by atoms with Crippen LogP contribution in [0.2, 0.25) is 0 Å². The molecule has 0 saturated heterocycles. The van der Waals surface area contributed by atoms with E-state index in [2.05, 4.69) is 40.0 Å². The Balaban J connectivity index is 1.86. The minimum atomic E-state index is 0.589. The van der Waals surface area contributed by atoms with E-state index in [0.29, 0.717) is 5.88 Å². The van der Waals surface area contributed by atoms with Crippen LogP contribution in [0.15, 0.2) is 30.6 Å². The average Bonchev–Trinajstić information content (AvgIpc) is 3.09. The largest absolute Gasteiger partial charge is 0.328 e. The van der Waals surface area contributed by atoms with E-state index >= 15 is 0 Å². The van der Waals surface area contributed by atoms with Crippen molar-refractivity contribution in [3.63, 3.8) is 0 Å². The van der Waals surface area contributed by atoms with E-state index in [1.54, 1.807) is 6.20 Å². The van der Waals surface area contributed by atoms with Gasteiger partial charge >= 0.3 is 0 Å². The van der Waals surface area contributed by atoms with Gasteiger partial charge in [-0.05, 0) is 25.0 Å². The van der Waals surface area contributed by atoms with Crippen molar-refractivity contribution in [2.24, 2.45) is 0 Å². The molecule has 0 spiro atoms. The van der Waals surface area contributed by atoms with Crippen molar-refractivity contribution in [3.05, 3.63) is 42.0 Å². The molecule has 5 nitrogen and oxygen atoms in total. The molecule has 110 valence electrons. The molecule has 0 unspecified atom stereocenters. The fourth-order valence-corrected chi connectivity index (χ4v) is 2.84. The minimum Gasteiger partial charge on any atom is -0.328 e. The van der Waals surface area contributed by atoms with E-state index in [4.69, 9.17) is 16.6 Å². The molecule has 2 heterocycles. The number of para-hydroxylation sites is 1. The molecule has 0 aliphatic rings. The fourth-order valence-electron chi connectivity index (χ4n) is 2.67. The van der Waals surface area contributed by atoms with E-state index in [-0.39, 0.29) is 0 Å². The maximum Gasteiger partial charge on any atom is 0.111 e. The van der Waals surface area contributed by atoms with E-state index in [0.717, 1.165) is 37.3 Å². The molecule has 3 rings (SSSR count). The summed E-state index contributed by atoms with van der Waals surface area (Å²) in [5, 5.41) is 7.82. The van der Waals surface area contributed by atoms with Gasteiger partial charge in [0.25, 0.3) is 0 Å². The SMILES string of the molecule is Cc1cccc2nc(CCCl)n(CCCn3ccnn3)c12. The Hall–Kier alpha value is -1.88. The molecular weight excluding hydrogens is 286 g/mol. The molecule has 0 aliphatic carbocycles. The number of aryl methyl sites for hydroxylation is 4. The first-order chi connectivity index (χ1) is 10.3. The molecule has 21 heavy (non-hydrogen) atoms. The van der Waals surface area contributed by atoms with Gasteiger partial charge in [-0.1, -0.05) is 17.3 Å². The quantitative estimate of drug-likeness (QED) is 0.658. The molecular formula is C15H18ClN5. The van der Waals surface area contributed by atoms with Crippen molar-refractivity contribution in [1.29, 1.82) is 0 Å². The number of aromatic nitrogens is 5. The summed E-state index contributed by atoms with van der Waals surface area (Å²) in [7, 11) is 0. The standard InChI is InChI=1S/C15H18ClN5/c1-12-4-2-5-13-15(12)21(14(18-13)6-7-16)10-3-9-20-11-8-17-19-20/h2,4-5,8,11H,3,6-7,9-10H2,1H3. The molecule has 1 aromatic carbocycles. The zero-order chi connectivity index (χ0) is 14.7. The van der Waals surface area contributed by atoms with Gasteiger partial charge in [0, 0.05) is 31.6 Å². The van der Waals surface area contributed by atoms with Crippen LogP contribution in [0.1, 0.15) is 17.8 Å². The third-order valence-corrected chi connectivity index (χ3v) is 3.80. The van der Waals surface area contributed by atoms with Crippen LogP contribution in [-0.4, -0.2) is 30.4 Å². The molecule has 2 aromatic heterocycles. The number of rotatable bonds is 6. The van der Waals surface area contributed by atoms with Crippen LogP contribution in [0, 0.1) is 6.92 Å². The molecule has 0 N–H and O–H groups in total. The first kappa shape index (κ1) is 14.1. The number of nitrogens with zero attached hydrogens (tertiary/aromatic N) is 5. The molecule has 6 heteroatoms. The topological polar surface area (TPSA) is 48.5 Å². The molecule has 0 aliphatic heterocycles. The highest BCUT2D eigenvalue weighted by molar-refractivity contribution is 6.17. The van der Waals surface area contributed by atoms with Crippen LogP contribution in [0.3, 0.4) is 0 Å². The molecule has 0 atom stereocenters. The van der Waals surface area contributed by atoms with Gasteiger partial charge in [-0.2, -0.15) is 0 Å². The summed E-state index contributed by atoms with van der Waals surface area (Å²) in [6.07, 6.45) is 5.37. The second-order valence-corrected chi connectivity index (χ2v) is 5.46. The van der Waals surface area contributed by atoms with Gasteiger partial charge in [-0.3, -0.25) is 4.68 Å². The first-order valence-corrected chi connectivity index (χ1v) is 7.68. The summed E-state index contributed by atoms with van der Waals surface area (Å²) >= 11 is 5.91. The van der Waals surface area contributed by atoms with Crippen molar-refractivity contribution in [3.8, 4) is 0 Å². The lowest BCUT2D eigenvalue weighted by atomic mass is 10.2. The first-order valence-electron chi connectivity index (χ1n) is 7.14. The lowest BCUT2D eigenvalue weighted by Crippen LogP contribution is -2.09. The third-order valence-electron chi connectivity index (χ3n) is 3.61. The molecule has 0 radical (unpaired) electrons. The second kappa shape index (κ2) is 6.26. The Bertz CT molecular complexity index is 717. The van der Waals surface area contributed by atoms with Crippen LogP contribution < -0.4 is 0 Å². The Morgan fingerprint density at radius 1 is 1.24 bits per heavy atom. The van der Waals surface area contributed by atoms with Crippen molar-refractivity contribution >= 4 is 22.6 Å². The predicted molar refractivity (Wildman–Crippen MR) is 83.5 cm³/mol. The highest BCUT2D eigenvalue weighted by Crippen LogP contribution is 2.21. The molecule has 0 fully saturated rings. The summed E-state index contributed by atoms with van der Waals surface area (Å²) < 4.78 is 4.15. The number of halogens is 1. The van der Waals surface area contributed by atoms with Gasteiger partial charge in [0.2, 0.25) is 0 Å². The van der Waals surface area contributed by atoms with Crippen molar-refractivity contribution in [1.82, 2.24) is 24.5 Å². The Morgan fingerprint density at radius 3 is 2.90 bits per heavy atom. The Labute approximate surface area is 128 Å². The molecule has 0 bridgehead atoms. The highest BCUT2D eigenvalue weighted by Gasteiger charge is 2.11. The third kappa shape index (κ3) is 2.93. The number of alkyl halides is 1. The number of fused-ring (bicyclic) bond motifs is 1. The van der Waals surface area contributed by atoms with Crippen LogP contribution >= 0.6 is 11.6 Å². The van der Waals surface area contributed by atoms with Gasteiger partial charge in [0.15, 0.2) is 0 Å². The average molecular weight is 304 g/mol. The Morgan fingerprint density at radius 2 is 2.14 bits per heavy atom. The number of benzene rings is 1. The zero-order valence-electron chi connectivity index (χ0n) is 12.0. The lowest BCUT2D eigenvalue weighted by molar-refractivity contribution is 0.512. The normalized spacial score (nSPS) is 11.3. The summed E-state index contributed by atoms with van der Waals surface area (Å²) in [6, 6.07) is 6.24. The van der Waals surface area contributed by atoms with Gasteiger partial charge in [0.1, 0.15) is 5.82 Å². The van der Waals surface area contributed by atoms with E-state index in [1.165, 1.54) is 11.1 Å². The zero-order valence-corrected chi connectivity index (χ0v) is 12.8. The monoisotopic (exact) mass is 303 g/mol. The van der Waals surface area contributed by atoms with Gasteiger partial charge in [-0.25, -0.2) is 4.98 Å². The summed E-state index contributed by atoms with van der Waals surface area (Å²) in [4.78, 5) is 4.72. The molecule has 0 saturated carbocycles. The summed E-state index contributed by atoms with van der Waals surface area (Å²) in [5.74, 6) is 1.65. The van der Waals surface area contributed by atoms with Crippen LogP contribution in [0.25, 0.3) is 11.0 Å². The van der Waals surface area contributed by atoms with E-state index < -0.39 is 0 Å². The lowest BCUT2D eigenvalue weighted by Gasteiger charge is -2.10. The van der Waals surface area contributed by atoms with Crippen LogP contribution in [0.5, 0.6) is 0 Å². The number of hydrogen-bond acceptors (Lipinski definition) is 3. The van der Waals surface area contributed by atoms with Crippen molar-refractivity contribution in [2.45, 2.75) is 32.9 Å².